The molecule has 0 aliphatic heterocycles. The molecule has 92 heavy (non-hydrogen) atoms. The monoisotopic (exact) mass is 1500 g/mol. The number of hydrogen-bond acceptors (Lipinski definition) is 9. The molecule has 11 nitrogen and oxygen atoms in total. The Bertz CT molecular complexity index is 2320. The Kier molecular flexibility index (Phi) is 24.4. The first-order chi connectivity index (χ1) is 39.5. The van der Waals surface area contributed by atoms with E-state index < -0.39 is 196 Å². The highest BCUT2D eigenvalue weighted by atomic mass is 19.5. The minimum absolute atomic E-state index is 0.509. The molecule has 0 aromatic rings. The molecular formula is C33H19F48N3O8. The topological polar surface area (TPSA) is 117 Å². The third kappa shape index (κ3) is 16.6. The van der Waals surface area contributed by atoms with Gasteiger partial charge in [-0.25, -0.2) is 8.78 Å². The number of carbonyl (C=O) groups excluding carboxylic acids is 2. The summed E-state index contributed by atoms with van der Waals surface area (Å²) in [5.41, 5.74) is 0. The van der Waals surface area contributed by atoms with Crippen molar-refractivity contribution < 1.29 is 249 Å². The van der Waals surface area contributed by atoms with Crippen molar-refractivity contribution in [3.8, 4) is 0 Å². The molecule has 550 valence electrons. The summed E-state index contributed by atoms with van der Waals surface area (Å²) in [5, 5.41) is 1.27. The lowest BCUT2D eigenvalue weighted by atomic mass is 10.1. The molecule has 8 atom stereocenters. The van der Waals surface area contributed by atoms with E-state index in [4.69, 9.17) is 0 Å². The van der Waals surface area contributed by atoms with Crippen LogP contribution in [0.1, 0.15) is 12.8 Å². The molecule has 0 fully saturated rings. The lowest BCUT2D eigenvalue weighted by Gasteiger charge is -2.43. The quantitative estimate of drug-likeness (QED) is 0.0536. The summed E-state index contributed by atoms with van der Waals surface area (Å²) in [6.07, 6.45) is -135. The summed E-state index contributed by atoms with van der Waals surface area (Å²) in [6.45, 7) is -5.43. The van der Waals surface area contributed by atoms with Gasteiger partial charge in [0.2, 0.25) is 12.3 Å². The highest BCUT2D eigenvalue weighted by molar-refractivity contribution is 5.82. The zero-order chi connectivity index (χ0) is 74.8. The number of alkyl halides is 48. The van der Waals surface area contributed by atoms with E-state index in [1.165, 1.54) is 9.47 Å². The lowest BCUT2D eigenvalue weighted by molar-refractivity contribution is -0.580. The van der Waals surface area contributed by atoms with E-state index in [0.717, 1.165) is 18.9 Å². The Balaban J connectivity index is 6.59. The van der Waals surface area contributed by atoms with Gasteiger partial charge in [0.15, 0.2) is 0 Å². The number of halogens is 48. The van der Waals surface area contributed by atoms with Crippen molar-refractivity contribution in [1.29, 1.82) is 0 Å². The average molecular weight is 1500 g/mol. The standard InChI is InChI=1S/C33H19F48N3O8/c1-84(6-2-4-82-10(85)8(34)12(36,20(46,47)48)87-30(74,75)16(42,24(58,59)60)91-32(78,79)18(44,26(64,65)66)89-28(70,71)14(38,39)22(52,53)54)7-3-5-83-11(86)9(35)13(37,21(49,50)51)88-31(76,77)17(43,25(61,62)63)92-33(80,81)19(45,27(67,68)69)90-29(72,73)15(40,41)23(55,56)57/h8-9H,2-7H2,1H3,(H,82,85)(H,83,86). The minimum Gasteiger partial charge on any atom is -0.353 e. The fourth-order valence-corrected chi connectivity index (χ4v) is 5.19. The van der Waals surface area contributed by atoms with Crippen molar-refractivity contribution >= 4 is 11.8 Å². The first-order valence-electron chi connectivity index (χ1n) is 20.9. The predicted molar refractivity (Wildman–Crippen MR) is 180 cm³/mol. The second-order valence-electron chi connectivity index (χ2n) is 16.8. The van der Waals surface area contributed by atoms with Crippen LogP contribution in [0.2, 0.25) is 0 Å². The maximum absolute atomic E-state index is 14.9. The maximum Gasteiger partial charge on any atom is 0.462 e. The number of rotatable bonds is 30. The molecule has 0 aliphatic carbocycles. The van der Waals surface area contributed by atoms with Crippen LogP contribution >= 0.6 is 0 Å². The van der Waals surface area contributed by atoms with Crippen molar-refractivity contribution in [1.82, 2.24) is 15.5 Å². The van der Waals surface area contributed by atoms with Crippen LogP contribution in [0.4, 0.5) is 211 Å². The molecule has 0 spiro atoms. The molecule has 0 saturated heterocycles. The highest BCUT2D eigenvalue weighted by Crippen LogP contribution is 2.62. The van der Waals surface area contributed by atoms with E-state index in [9.17, 15) is 220 Å². The van der Waals surface area contributed by atoms with E-state index in [-0.39, 0.29) is 0 Å². The highest BCUT2D eigenvalue weighted by Gasteiger charge is 2.91. The van der Waals surface area contributed by atoms with Gasteiger partial charge in [-0.2, -0.15) is 202 Å². The second-order valence-corrected chi connectivity index (χ2v) is 16.8. The van der Waals surface area contributed by atoms with Gasteiger partial charge in [0.25, 0.3) is 11.8 Å². The van der Waals surface area contributed by atoms with Gasteiger partial charge in [-0.1, -0.05) is 0 Å². The summed E-state index contributed by atoms with van der Waals surface area (Å²) in [5.74, 6) is -75.8. The molecular weight excluding hydrogens is 1480 g/mol. The first-order valence-corrected chi connectivity index (χ1v) is 20.9. The minimum atomic E-state index is -9.10. The molecule has 0 aliphatic rings. The van der Waals surface area contributed by atoms with Gasteiger partial charge in [0.1, 0.15) is 0 Å². The number of amides is 2. The Morgan fingerprint density at radius 1 is 0.293 bits per heavy atom. The van der Waals surface area contributed by atoms with Gasteiger partial charge in [-0.05, 0) is 33.0 Å². The third-order valence-electron chi connectivity index (χ3n) is 9.94. The Hall–Kier alpha value is -4.70. The van der Waals surface area contributed by atoms with Gasteiger partial charge < -0.3 is 15.5 Å². The van der Waals surface area contributed by atoms with E-state index in [2.05, 4.69) is 0 Å². The van der Waals surface area contributed by atoms with Gasteiger partial charge in [-0.3, -0.25) is 38.0 Å². The van der Waals surface area contributed by atoms with Crippen molar-refractivity contribution in [2.24, 2.45) is 0 Å². The smallest absolute Gasteiger partial charge is 0.353 e. The van der Waals surface area contributed by atoms with Crippen LogP contribution in [-0.4, -0.2) is 195 Å². The Labute approximate surface area is 468 Å². The fraction of sp³-hybridized carbons (Fsp3) is 0.939. The molecule has 0 aromatic heterocycles. The summed E-state index contributed by atoms with van der Waals surface area (Å²) in [7, 11) is 0.608. The number of hydrogen-bond donors (Lipinski definition) is 2. The van der Waals surface area contributed by atoms with E-state index in [0.29, 0.717) is 22.6 Å². The van der Waals surface area contributed by atoms with Gasteiger partial charge in [-0.15, -0.1) is 0 Å². The van der Waals surface area contributed by atoms with E-state index >= 15 is 0 Å². The summed E-state index contributed by atoms with van der Waals surface area (Å²) in [6, 6.07) is 0. The second kappa shape index (κ2) is 25.7. The van der Waals surface area contributed by atoms with E-state index in [1.807, 2.05) is 0 Å². The van der Waals surface area contributed by atoms with Crippen LogP contribution in [0.3, 0.4) is 0 Å². The molecule has 8 unspecified atom stereocenters. The SMILES string of the molecule is CN(CCCNC(=O)C(F)C(F)(OC(F)(F)C(F)(OC(F)(F)C(F)(OC(F)(F)C(F)(F)C(F)(F)F)C(F)(F)F)C(F)(F)F)C(F)(F)F)CCCNC(=O)C(F)C(F)(OC(F)(F)C(F)(OC(F)(F)C(F)(OC(F)(F)C(F)(F)C(F)(F)F)C(F)(F)F)C(F)(F)F)C(F)(F)F. The van der Waals surface area contributed by atoms with Crippen LogP contribution in [-0.2, 0) is 38.0 Å². The molecule has 0 saturated carbocycles. The molecule has 0 bridgehead atoms. The average Bonchev–Trinajstić information content (AvgIpc) is 0.723. The van der Waals surface area contributed by atoms with Crippen molar-refractivity contribution in [2.75, 3.05) is 33.2 Å². The van der Waals surface area contributed by atoms with Gasteiger partial charge in [0.05, 0.1) is 0 Å². The number of nitrogens with one attached hydrogen (secondary N) is 2. The van der Waals surface area contributed by atoms with Crippen LogP contribution < -0.4 is 10.6 Å². The number of ether oxygens (including phenoxy) is 6. The number of nitrogens with zero attached hydrogens (tertiary/aromatic N) is 1. The van der Waals surface area contributed by atoms with Gasteiger partial charge in [0, 0.05) is 13.1 Å². The molecule has 59 heteroatoms. The zero-order valence-electron chi connectivity index (χ0n) is 41.3. The normalized spacial score (nSPS) is 19.8. The van der Waals surface area contributed by atoms with Crippen molar-refractivity contribution in [3.63, 3.8) is 0 Å². The Morgan fingerprint density at radius 2 is 0.478 bits per heavy atom. The van der Waals surface area contributed by atoms with Crippen molar-refractivity contribution in [2.45, 2.75) is 158 Å². The summed E-state index contributed by atoms with van der Waals surface area (Å²) in [4.78, 5) is 24.4. The van der Waals surface area contributed by atoms with Crippen LogP contribution in [0.25, 0.3) is 0 Å². The zero-order valence-corrected chi connectivity index (χ0v) is 41.3. The molecule has 2 N–H and O–H groups in total. The third-order valence-corrected chi connectivity index (χ3v) is 9.94. The fourth-order valence-electron chi connectivity index (χ4n) is 5.19. The van der Waals surface area contributed by atoms with Gasteiger partial charge >= 0.3 is 133 Å². The molecule has 0 aromatic carbocycles. The van der Waals surface area contributed by atoms with Crippen LogP contribution in [0, 0.1) is 0 Å². The van der Waals surface area contributed by atoms with Crippen LogP contribution in [0.5, 0.6) is 0 Å². The number of carbonyl (C=O) groups is 2. The molecule has 0 rings (SSSR count). The molecule has 0 radical (unpaired) electrons. The van der Waals surface area contributed by atoms with E-state index in [1.54, 1.807) is 0 Å². The van der Waals surface area contributed by atoms with Crippen LogP contribution in [0.15, 0.2) is 0 Å². The Morgan fingerprint density at radius 3 is 0.652 bits per heavy atom. The summed E-state index contributed by atoms with van der Waals surface area (Å²) >= 11 is 0. The molecule has 2 amide bonds. The largest absolute Gasteiger partial charge is 0.462 e. The first kappa shape index (κ1) is 87.3. The lowest BCUT2D eigenvalue weighted by Crippen LogP contribution is -2.71. The summed E-state index contributed by atoms with van der Waals surface area (Å²) < 4.78 is 660. The molecule has 0 heterocycles. The maximum atomic E-state index is 14.9. The predicted octanol–water partition coefficient (Wildman–Crippen LogP) is 14.0. The van der Waals surface area contributed by atoms with Crippen molar-refractivity contribution in [3.05, 3.63) is 0 Å².